The number of rotatable bonds is 7. The molecule has 150 valence electrons. The van der Waals surface area contributed by atoms with E-state index < -0.39 is 10.0 Å². The van der Waals surface area contributed by atoms with Crippen molar-refractivity contribution in [2.24, 2.45) is 0 Å². The third-order valence-corrected chi connectivity index (χ3v) is 6.07. The van der Waals surface area contributed by atoms with Crippen LogP contribution in [-0.4, -0.2) is 33.2 Å². The van der Waals surface area contributed by atoms with Gasteiger partial charge in [0.05, 0.1) is 18.6 Å². The Morgan fingerprint density at radius 1 is 1.18 bits per heavy atom. The van der Waals surface area contributed by atoms with Crippen molar-refractivity contribution in [3.63, 3.8) is 0 Å². The highest BCUT2D eigenvalue weighted by Crippen LogP contribution is 2.34. The quantitative estimate of drug-likeness (QED) is 0.773. The van der Waals surface area contributed by atoms with E-state index in [1.54, 1.807) is 18.2 Å². The third kappa shape index (κ3) is 4.54. The van der Waals surface area contributed by atoms with Crippen LogP contribution >= 0.6 is 0 Å². The molecule has 1 heterocycles. The largest absolute Gasteiger partial charge is 0.377 e. The minimum Gasteiger partial charge on any atom is -0.377 e. The summed E-state index contributed by atoms with van der Waals surface area (Å²) in [5.74, 6) is -0.174. The molecule has 7 heteroatoms. The first-order valence-electron chi connectivity index (χ1n) is 9.35. The van der Waals surface area contributed by atoms with Crippen LogP contribution in [0, 0.1) is 0 Å². The average molecular weight is 403 g/mol. The normalized spacial score (nSPS) is 16.1. The summed E-state index contributed by atoms with van der Waals surface area (Å²) < 4.78 is 30.8. The van der Waals surface area contributed by atoms with Gasteiger partial charge >= 0.3 is 0 Å². The van der Waals surface area contributed by atoms with Crippen LogP contribution < -0.4 is 9.62 Å². The van der Waals surface area contributed by atoms with Crippen LogP contribution in [0.25, 0.3) is 0 Å². The summed E-state index contributed by atoms with van der Waals surface area (Å²) in [4.78, 5) is 12.5. The van der Waals surface area contributed by atoms with Crippen molar-refractivity contribution in [1.29, 1.82) is 0 Å². The van der Waals surface area contributed by atoms with Crippen molar-refractivity contribution in [3.05, 3.63) is 64.7 Å². The van der Waals surface area contributed by atoms with E-state index in [-0.39, 0.29) is 11.9 Å². The van der Waals surface area contributed by atoms with Crippen LogP contribution in [0.15, 0.2) is 42.5 Å². The highest BCUT2D eigenvalue weighted by atomic mass is 32.2. The first kappa shape index (κ1) is 20.4. The second kappa shape index (κ2) is 8.32. The monoisotopic (exact) mass is 402 g/mol. The molecule has 3 rings (SSSR count). The van der Waals surface area contributed by atoms with Crippen LogP contribution in [0.1, 0.15) is 40.9 Å². The number of nitrogens with one attached hydrogen (secondary N) is 1. The topological polar surface area (TPSA) is 75.7 Å². The van der Waals surface area contributed by atoms with Gasteiger partial charge in [-0.3, -0.25) is 9.10 Å². The second-order valence-corrected chi connectivity index (χ2v) is 8.95. The van der Waals surface area contributed by atoms with Crippen LogP contribution in [0.4, 0.5) is 5.69 Å². The van der Waals surface area contributed by atoms with E-state index in [0.717, 1.165) is 16.7 Å². The molecule has 0 aromatic heterocycles. The van der Waals surface area contributed by atoms with Gasteiger partial charge in [-0.2, -0.15) is 0 Å². The summed E-state index contributed by atoms with van der Waals surface area (Å²) in [6, 6.07) is 13.0. The van der Waals surface area contributed by atoms with Crippen LogP contribution in [-0.2, 0) is 34.3 Å². The lowest BCUT2D eigenvalue weighted by molar-refractivity contribution is 0.0950. The fraction of sp³-hybridized carbons (Fsp3) is 0.381. The molecular formula is C21H26N2O4S. The highest BCUT2D eigenvalue weighted by Gasteiger charge is 2.32. The molecule has 2 aromatic carbocycles. The molecule has 1 unspecified atom stereocenters. The van der Waals surface area contributed by atoms with Gasteiger partial charge in [0.1, 0.15) is 0 Å². The molecule has 0 saturated heterocycles. The predicted octanol–water partition coefficient (Wildman–Crippen LogP) is 2.86. The van der Waals surface area contributed by atoms with Crippen molar-refractivity contribution in [3.8, 4) is 0 Å². The number of ether oxygens (including phenoxy) is 1. The fourth-order valence-corrected chi connectivity index (χ4v) is 4.77. The number of anilines is 1. The van der Waals surface area contributed by atoms with Crippen molar-refractivity contribution in [2.45, 2.75) is 39.5 Å². The van der Waals surface area contributed by atoms with Crippen molar-refractivity contribution in [2.75, 3.05) is 17.2 Å². The summed E-state index contributed by atoms with van der Waals surface area (Å²) >= 11 is 0. The summed E-state index contributed by atoms with van der Waals surface area (Å²) in [7, 11) is -3.33. The maximum absolute atomic E-state index is 12.5. The summed E-state index contributed by atoms with van der Waals surface area (Å²) in [5.41, 5.74) is 4.18. The number of carbonyl (C=O) groups excluding carboxylic acids is 1. The second-order valence-electron chi connectivity index (χ2n) is 7.09. The van der Waals surface area contributed by atoms with Gasteiger partial charge in [0, 0.05) is 24.8 Å². The van der Waals surface area contributed by atoms with E-state index in [0.29, 0.717) is 37.4 Å². The molecular weight excluding hydrogens is 376 g/mol. The van der Waals surface area contributed by atoms with Gasteiger partial charge in [-0.05, 0) is 55.2 Å². The minimum absolute atomic E-state index is 0.140. The number of hydrogen-bond acceptors (Lipinski definition) is 4. The Morgan fingerprint density at radius 3 is 2.50 bits per heavy atom. The summed E-state index contributed by atoms with van der Waals surface area (Å²) in [5, 5.41) is 2.92. The average Bonchev–Trinajstić information content (AvgIpc) is 3.00. The van der Waals surface area contributed by atoms with Gasteiger partial charge < -0.3 is 10.1 Å². The summed E-state index contributed by atoms with van der Waals surface area (Å²) in [6.45, 7) is 5.52. The van der Waals surface area contributed by atoms with E-state index >= 15 is 0 Å². The molecule has 0 aliphatic carbocycles. The zero-order valence-corrected chi connectivity index (χ0v) is 17.3. The predicted molar refractivity (Wildman–Crippen MR) is 110 cm³/mol. The minimum atomic E-state index is -3.33. The van der Waals surface area contributed by atoms with E-state index in [1.165, 1.54) is 10.6 Å². The number of amides is 1. The Hall–Kier alpha value is -2.38. The molecule has 0 radical (unpaired) electrons. The highest BCUT2D eigenvalue weighted by molar-refractivity contribution is 7.92. The zero-order chi connectivity index (χ0) is 20.3. The lowest BCUT2D eigenvalue weighted by atomic mass is 10.1. The maximum Gasteiger partial charge on any atom is 0.251 e. The number of hydrogen-bond donors (Lipinski definition) is 1. The van der Waals surface area contributed by atoms with Crippen LogP contribution in [0.3, 0.4) is 0 Å². The van der Waals surface area contributed by atoms with Crippen LogP contribution in [0.5, 0.6) is 0 Å². The first-order valence-corrected chi connectivity index (χ1v) is 11.2. The van der Waals surface area contributed by atoms with Gasteiger partial charge in [0.25, 0.3) is 5.91 Å². The molecule has 0 saturated carbocycles. The van der Waals surface area contributed by atoms with Gasteiger partial charge in [-0.1, -0.05) is 24.3 Å². The fourth-order valence-electron chi connectivity index (χ4n) is 3.51. The van der Waals surface area contributed by atoms with Crippen LogP contribution in [0.2, 0.25) is 0 Å². The molecule has 1 aliphatic heterocycles. The zero-order valence-electron chi connectivity index (χ0n) is 16.4. The Morgan fingerprint density at radius 2 is 1.86 bits per heavy atom. The molecule has 2 aromatic rings. The van der Waals surface area contributed by atoms with Crippen molar-refractivity contribution in [1.82, 2.24) is 5.32 Å². The lowest BCUT2D eigenvalue weighted by Gasteiger charge is -2.21. The number of fused-ring (bicyclic) bond motifs is 1. The Balaban J connectivity index is 1.65. The first-order chi connectivity index (χ1) is 13.3. The molecule has 1 atom stereocenters. The van der Waals surface area contributed by atoms with E-state index in [1.807, 2.05) is 38.1 Å². The standard InChI is InChI=1S/C21H26N2O4S/c1-4-27-14-17-7-5-16(6-8-17)13-22-21(24)18-9-10-20-19(12-18)11-15(2)23(20)28(3,25)26/h5-10,12,15H,4,11,13-14H2,1-3H3,(H,22,24). The molecule has 6 nitrogen and oxygen atoms in total. The van der Waals surface area contributed by atoms with Gasteiger partial charge in [0.15, 0.2) is 0 Å². The molecule has 1 amide bonds. The smallest absolute Gasteiger partial charge is 0.251 e. The Labute approximate surface area is 166 Å². The van der Waals surface area contributed by atoms with Crippen molar-refractivity contribution < 1.29 is 17.9 Å². The number of carbonyl (C=O) groups is 1. The molecule has 0 bridgehead atoms. The maximum atomic E-state index is 12.5. The third-order valence-electron chi connectivity index (χ3n) is 4.80. The van der Waals surface area contributed by atoms with E-state index in [4.69, 9.17) is 4.74 Å². The summed E-state index contributed by atoms with van der Waals surface area (Å²) in [6.07, 6.45) is 1.81. The lowest BCUT2D eigenvalue weighted by Crippen LogP contribution is -2.34. The van der Waals surface area contributed by atoms with Gasteiger partial charge in [-0.25, -0.2) is 8.42 Å². The van der Waals surface area contributed by atoms with Crippen molar-refractivity contribution >= 4 is 21.6 Å². The SMILES string of the molecule is CCOCc1ccc(CNC(=O)c2ccc3c(c2)CC(C)N3S(C)(=O)=O)cc1. The Kier molecular flexibility index (Phi) is 6.05. The van der Waals surface area contributed by atoms with Gasteiger partial charge in [-0.15, -0.1) is 0 Å². The molecule has 1 aliphatic rings. The number of sulfonamides is 1. The van der Waals surface area contributed by atoms with E-state index in [2.05, 4.69) is 5.32 Å². The van der Waals surface area contributed by atoms with E-state index in [9.17, 15) is 13.2 Å². The molecule has 0 spiro atoms. The Bertz CT molecular complexity index is 955. The molecule has 1 N–H and O–H groups in total. The number of benzene rings is 2. The number of nitrogens with zero attached hydrogens (tertiary/aromatic N) is 1. The molecule has 28 heavy (non-hydrogen) atoms. The van der Waals surface area contributed by atoms with Gasteiger partial charge in [0.2, 0.25) is 10.0 Å². The molecule has 0 fully saturated rings.